The number of hydrogen-bond acceptors (Lipinski definition) is 3. The standard InChI is InChI=1S/C17H20FNO4/c18-12-3-1-2-10(7-12)6-11(17(21)22)9-19-16(20)14-8-13-4-5-15(14)23-13/h1-3,7,11,13-15H,4-6,8-9H2,(H,19,20)(H,21,22). The minimum absolute atomic E-state index is 0.0218. The van der Waals surface area contributed by atoms with Gasteiger partial charge in [-0.15, -0.1) is 0 Å². The van der Waals surface area contributed by atoms with Crippen molar-refractivity contribution in [3.05, 3.63) is 35.6 Å². The zero-order valence-corrected chi connectivity index (χ0v) is 12.7. The topological polar surface area (TPSA) is 75.6 Å². The third kappa shape index (κ3) is 3.69. The Hall–Kier alpha value is -1.95. The monoisotopic (exact) mass is 321 g/mol. The highest BCUT2D eigenvalue weighted by Crippen LogP contribution is 2.38. The summed E-state index contributed by atoms with van der Waals surface area (Å²) in [6.07, 6.45) is 2.96. The molecule has 0 aromatic heterocycles. The van der Waals surface area contributed by atoms with Crippen LogP contribution in [0.25, 0.3) is 0 Å². The molecule has 0 spiro atoms. The van der Waals surface area contributed by atoms with Gasteiger partial charge < -0.3 is 15.2 Å². The molecule has 4 unspecified atom stereocenters. The number of carboxylic acid groups (broad SMARTS) is 1. The molecule has 1 aromatic carbocycles. The number of hydrogen-bond donors (Lipinski definition) is 2. The fourth-order valence-electron chi connectivity index (χ4n) is 3.46. The highest BCUT2D eigenvalue weighted by molar-refractivity contribution is 5.80. The number of aliphatic carboxylic acids is 1. The number of carboxylic acids is 1. The Morgan fingerprint density at radius 2 is 2.22 bits per heavy atom. The van der Waals surface area contributed by atoms with E-state index in [9.17, 15) is 19.1 Å². The molecule has 6 heteroatoms. The van der Waals surface area contributed by atoms with E-state index in [0.29, 0.717) is 5.56 Å². The van der Waals surface area contributed by atoms with Gasteiger partial charge in [0, 0.05) is 6.54 Å². The average molecular weight is 321 g/mol. The van der Waals surface area contributed by atoms with Crippen LogP contribution in [0.2, 0.25) is 0 Å². The summed E-state index contributed by atoms with van der Waals surface area (Å²) in [5.41, 5.74) is 0.606. The Bertz CT molecular complexity index is 606. The van der Waals surface area contributed by atoms with Gasteiger partial charge in [-0.05, 0) is 43.4 Å². The maximum absolute atomic E-state index is 13.2. The second-order valence-corrected chi connectivity index (χ2v) is 6.33. The molecule has 2 heterocycles. The molecule has 1 aromatic rings. The van der Waals surface area contributed by atoms with E-state index >= 15 is 0 Å². The molecule has 2 N–H and O–H groups in total. The first-order valence-electron chi connectivity index (χ1n) is 7.93. The first kappa shape index (κ1) is 15.9. The molecule has 0 saturated carbocycles. The zero-order valence-electron chi connectivity index (χ0n) is 12.7. The maximum Gasteiger partial charge on any atom is 0.308 e. The summed E-state index contributed by atoms with van der Waals surface area (Å²) < 4.78 is 18.8. The Morgan fingerprint density at radius 1 is 1.39 bits per heavy atom. The van der Waals surface area contributed by atoms with Gasteiger partial charge in [0.05, 0.1) is 24.0 Å². The van der Waals surface area contributed by atoms with E-state index in [1.165, 1.54) is 12.1 Å². The SMILES string of the molecule is O=C(O)C(CNC(=O)C1CC2CCC1O2)Cc1cccc(F)c1. The number of rotatable bonds is 6. The van der Waals surface area contributed by atoms with E-state index < -0.39 is 17.7 Å². The number of benzene rings is 1. The predicted octanol–water partition coefficient (Wildman–Crippen LogP) is 1.75. The molecular formula is C17H20FNO4. The highest BCUT2D eigenvalue weighted by atomic mass is 19.1. The van der Waals surface area contributed by atoms with Crippen molar-refractivity contribution in [3.8, 4) is 0 Å². The van der Waals surface area contributed by atoms with Gasteiger partial charge in [-0.2, -0.15) is 0 Å². The Kier molecular flexibility index (Phi) is 4.61. The van der Waals surface area contributed by atoms with Gasteiger partial charge in [-0.3, -0.25) is 9.59 Å². The molecule has 124 valence electrons. The summed E-state index contributed by atoms with van der Waals surface area (Å²) >= 11 is 0. The number of carbonyl (C=O) groups excluding carboxylic acids is 1. The van der Waals surface area contributed by atoms with Gasteiger partial charge in [0.1, 0.15) is 5.82 Å². The van der Waals surface area contributed by atoms with Crippen LogP contribution >= 0.6 is 0 Å². The molecular weight excluding hydrogens is 301 g/mol. The van der Waals surface area contributed by atoms with Crippen LogP contribution in [0.1, 0.15) is 24.8 Å². The lowest BCUT2D eigenvalue weighted by molar-refractivity contribution is -0.141. The largest absolute Gasteiger partial charge is 0.481 e. The van der Waals surface area contributed by atoms with Gasteiger partial charge in [0.15, 0.2) is 0 Å². The summed E-state index contributed by atoms with van der Waals surface area (Å²) in [5.74, 6) is -2.48. The molecule has 2 saturated heterocycles. The van der Waals surface area contributed by atoms with Crippen molar-refractivity contribution in [1.29, 1.82) is 0 Å². The minimum Gasteiger partial charge on any atom is -0.481 e. The average Bonchev–Trinajstić information content (AvgIpc) is 3.13. The van der Waals surface area contributed by atoms with E-state index in [4.69, 9.17) is 4.74 Å². The summed E-state index contributed by atoms with van der Waals surface area (Å²) in [6.45, 7) is 0.0402. The second kappa shape index (κ2) is 6.66. The first-order valence-corrected chi connectivity index (χ1v) is 7.93. The van der Waals surface area contributed by atoms with Crippen molar-refractivity contribution in [2.45, 2.75) is 37.9 Å². The molecule has 0 radical (unpaired) electrons. The van der Waals surface area contributed by atoms with Crippen LogP contribution in [0.4, 0.5) is 4.39 Å². The summed E-state index contributed by atoms with van der Waals surface area (Å²) in [4.78, 5) is 23.6. The van der Waals surface area contributed by atoms with Gasteiger partial charge in [0.2, 0.25) is 5.91 Å². The van der Waals surface area contributed by atoms with Gasteiger partial charge in [0.25, 0.3) is 0 Å². The van der Waals surface area contributed by atoms with E-state index in [1.807, 2.05) is 0 Å². The third-order valence-electron chi connectivity index (χ3n) is 4.69. The molecule has 23 heavy (non-hydrogen) atoms. The van der Waals surface area contributed by atoms with Gasteiger partial charge >= 0.3 is 5.97 Å². The van der Waals surface area contributed by atoms with Crippen LogP contribution in [0.15, 0.2) is 24.3 Å². The van der Waals surface area contributed by atoms with Crippen LogP contribution in [-0.4, -0.2) is 35.7 Å². The minimum atomic E-state index is -1.00. The summed E-state index contributed by atoms with van der Waals surface area (Å²) in [7, 11) is 0. The van der Waals surface area contributed by atoms with Crippen LogP contribution in [-0.2, 0) is 20.7 Å². The normalized spacial score (nSPS) is 26.9. The number of nitrogens with one attached hydrogen (secondary N) is 1. The Labute approximate surface area is 133 Å². The summed E-state index contributed by atoms with van der Waals surface area (Å²) in [5, 5.41) is 12.0. The quantitative estimate of drug-likeness (QED) is 0.837. The zero-order chi connectivity index (χ0) is 16.4. The molecule has 0 aliphatic carbocycles. The Morgan fingerprint density at radius 3 is 2.83 bits per heavy atom. The predicted molar refractivity (Wildman–Crippen MR) is 80.2 cm³/mol. The van der Waals surface area contributed by atoms with Crippen LogP contribution in [0.5, 0.6) is 0 Å². The smallest absolute Gasteiger partial charge is 0.308 e. The Balaban J connectivity index is 1.55. The van der Waals surface area contributed by atoms with Gasteiger partial charge in [-0.25, -0.2) is 4.39 Å². The second-order valence-electron chi connectivity index (χ2n) is 6.33. The van der Waals surface area contributed by atoms with Crippen LogP contribution in [0, 0.1) is 17.7 Å². The summed E-state index contributed by atoms with van der Waals surface area (Å²) in [6, 6.07) is 5.87. The number of ether oxygens (including phenoxy) is 1. The third-order valence-corrected chi connectivity index (χ3v) is 4.69. The number of carbonyl (C=O) groups is 2. The molecule has 2 bridgehead atoms. The van der Waals surface area contributed by atoms with E-state index in [2.05, 4.69) is 5.32 Å². The van der Waals surface area contributed by atoms with Crippen LogP contribution < -0.4 is 5.32 Å². The van der Waals surface area contributed by atoms with Crippen molar-refractivity contribution < 1.29 is 23.8 Å². The van der Waals surface area contributed by atoms with Crippen molar-refractivity contribution >= 4 is 11.9 Å². The lowest BCUT2D eigenvalue weighted by Crippen LogP contribution is -2.40. The maximum atomic E-state index is 13.2. The highest BCUT2D eigenvalue weighted by Gasteiger charge is 2.44. The fourth-order valence-corrected chi connectivity index (χ4v) is 3.46. The number of halogens is 1. The van der Waals surface area contributed by atoms with Crippen molar-refractivity contribution in [2.24, 2.45) is 11.8 Å². The lowest BCUT2D eigenvalue weighted by Gasteiger charge is -2.20. The molecule has 2 fully saturated rings. The number of fused-ring (bicyclic) bond motifs is 2. The number of amides is 1. The lowest BCUT2D eigenvalue weighted by atomic mass is 9.88. The molecule has 4 atom stereocenters. The molecule has 2 aliphatic rings. The van der Waals surface area contributed by atoms with E-state index in [0.717, 1.165) is 19.3 Å². The molecule has 2 aliphatic heterocycles. The van der Waals surface area contributed by atoms with Crippen molar-refractivity contribution in [1.82, 2.24) is 5.32 Å². The van der Waals surface area contributed by atoms with Crippen molar-refractivity contribution in [2.75, 3.05) is 6.54 Å². The van der Waals surface area contributed by atoms with E-state index in [-0.39, 0.29) is 37.0 Å². The van der Waals surface area contributed by atoms with E-state index in [1.54, 1.807) is 12.1 Å². The first-order chi connectivity index (χ1) is 11.0. The molecule has 5 nitrogen and oxygen atoms in total. The molecule has 1 amide bonds. The van der Waals surface area contributed by atoms with Crippen molar-refractivity contribution in [3.63, 3.8) is 0 Å². The fraction of sp³-hybridized carbons (Fsp3) is 0.529. The van der Waals surface area contributed by atoms with Crippen LogP contribution in [0.3, 0.4) is 0 Å². The molecule has 3 rings (SSSR count). The van der Waals surface area contributed by atoms with Gasteiger partial charge in [-0.1, -0.05) is 12.1 Å².